The van der Waals surface area contributed by atoms with Crippen molar-refractivity contribution < 1.29 is 0 Å². The molecular weight excluding hydrogens is 244 g/mol. The number of hydrogen-bond donors (Lipinski definition) is 0. The van der Waals surface area contributed by atoms with Crippen LogP contribution in [-0.4, -0.2) is 8.07 Å². The second kappa shape index (κ2) is 3.96. The van der Waals surface area contributed by atoms with Gasteiger partial charge in [-0.15, -0.1) is 0 Å². The molecule has 0 fully saturated rings. The summed E-state index contributed by atoms with van der Waals surface area (Å²) in [7, 11) is -1.43. The van der Waals surface area contributed by atoms with Crippen LogP contribution in [0.25, 0.3) is 0 Å². The summed E-state index contributed by atoms with van der Waals surface area (Å²) in [5.41, 5.74) is 1.89. The standard InChI is InChI=1S/C18H24Si/c1-18(2,3)13-10-11-15-14-8-6-7-9-16(14)19(4,5)17(15)12-13/h6-13,15H,1-5H3. The van der Waals surface area contributed by atoms with Gasteiger partial charge in [-0.1, -0.05) is 86.7 Å². The Morgan fingerprint density at radius 1 is 1.00 bits per heavy atom. The fourth-order valence-corrected chi connectivity index (χ4v) is 7.00. The lowest BCUT2D eigenvalue weighted by Gasteiger charge is -2.32. The van der Waals surface area contributed by atoms with E-state index >= 15 is 0 Å². The van der Waals surface area contributed by atoms with Crippen molar-refractivity contribution in [3.05, 3.63) is 53.3 Å². The Labute approximate surface area is 118 Å². The summed E-state index contributed by atoms with van der Waals surface area (Å²) < 4.78 is 0. The molecule has 0 amide bonds. The second-order valence-electron chi connectivity index (χ2n) is 7.59. The van der Waals surface area contributed by atoms with Crippen molar-refractivity contribution in [1.29, 1.82) is 0 Å². The Morgan fingerprint density at radius 3 is 2.37 bits per heavy atom. The molecule has 0 N–H and O–H groups in total. The van der Waals surface area contributed by atoms with E-state index in [4.69, 9.17) is 0 Å². The average Bonchev–Trinajstić information content (AvgIpc) is 2.58. The van der Waals surface area contributed by atoms with Gasteiger partial charge in [0, 0.05) is 5.92 Å². The van der Waals surface area contributed by atoms with Gasteiger partial charge < -0.3 is 0 Å². The van der Waals surface area contributed by atoms with E-state index < -0.39 is 8.07 Å². The molecule has 1 heteroatoms. The third kappa shape index (κ3) is 1.87. The van der Waals surface area contributed by atoms with Crippen LogP contribution in [0.2, 0.25) is 13.1 Å². The van der Waals surface area contributed by atoms with Gasteiger partial charge in [-0.25, -0.2) is 0 Å². The van der Waals surface area contributed by atoms with Crippen LogP contribution in [0.5, 0.6) is 0 Å². The van der Waals surface area contributed by atoms with E-state index in [1.54, 1.807) is 15.9 Å². The SMILES string of the molecule is CC(C)(C)C1C=CC2C(=C1)[Si](C)(C)c1ccccc12. The first-order valence-electron chi connectivity index (χ1n) is 7.32. The van der Waals surface area contributed by atoms with Crippen molar-refractivity contribution >= 4 is 13.3 Å². The van der Waals surface area contributed by atoms with E-state index in [0.717, 1.165) is 0 Å². The molecule has 0 saturated carbocycles. The van der Waals surface area contributed by atoms with Crippen LogP contribution in [0, 0.1) is 11.3 Å². The Morgan fingerprint density at radius 2 is 1.68 bits per heavy atom. The highest BCUT2D eigenvalue weighted by molar-refractivity contribution is 6.97. The molecule has 2 aliphatic rings. The van der Waals surface area contributed by atoms with Gasteiger partial charge in [-0.05, 0) is 16.9 Å². The van der Waals surface area contributed by atoms with E-state index in [1.165, 1.54) is 0 Å². The van der Waals surface area contributed by atoms with Crippen LogP contribution in [0.1, 0.15) is 32.3 Å². The molecule has 1 aromatic rings. The first kappa shape index (κ1) is 12.9. The summed E-state index contributed by atoms with van der Waals surface area (Å²) >= 11 is 0. The zero-order chi connectivity index (χ0) is 13.8. The zero-order valence-electron chi connectivity index (χ0n) is 12.7. The van der Waals surface area contributed by atoms with Crippen molar-refractivity contribution in [2.75, 3.05) is 0 Å². The topological polar surface area (TPSA) is 0 Å². The fraction of sp³-hybridized carbons (Fsp3) is 0.444. The van der Waals surface area contributed by atoms with E-state index in [1.807, 2.05) is 0 Å². The Kier molecular flexibility index (Phi) is 2.69. The van der Waals surface area contributed by atoms with Crippen LogP contribution >= 0.6 is 0 Å². The number of benzene rings is 1. The molecule has 1 aliphatic carbocycles. The highest BCUT2D eigenvalue weighted by Crippen LogP contribution is 2.45. The minimum Gasteiger partial charge on any atom is -0.0805 e. The monoisotopic (exact) mass is 268 g/mol. The quantitative estimate of drug-likeness (QED) is 0.483. The minimum atomic E-state index is -1.43. The van der Waals surface area contributed by atoms with Gasteiger partial charge in [0.25, 0.3) is 0 Å². The van der Waals surface area contributed by atoms with E-state index in [2.05, 4.69) is 76.4 Å². The van der Waals surface area contributed by atoms with Gasteiger partial charge in [-0.2, -0.15) is 0 Å². The molecule has 0 bridgehead atoms. The lowest BCUT2D eigenvalue weighted by Crippen LogP contribution is -2.40. The van der Waals surface area contributed by atoms with Gasteiger partial charge >= 0.3 is 0 Å². The third-order valence-electron chi connectivity index (χ3n) is 4.90. The van der Waals surface area contributed by atoms with Crippen molar-refractivity contribution in [2.45, 2.75) is 39.8 Å². The van der Waals surface area contributed by atoms with E-state index in [9.17, 15) is 0 Å². The summed E-state index contributed by atoms with van der Waals surface area (Å²) in [6, 6.07) is 9.09. The fourth-order valence-electron chi connectivity index (χ4n) is 3.59. The first-order chi connectivity index (χ1) is 8.82. The summed E-state index contributed by atoms with van der Waals surface area (Å²) in [4.78, 5) is 0. The molecule has 0 spiro atoms. The zero-order valence-corrected chi connectivity index (χ0v) is 13.7. The molecule has 100 valence electrons. The Balaban J connectivity index is 2.13. The highest BCUT2D eigenvalue weighted by atomic mass is 28.3. The highest BCUT2D eigenvalue weighted by Gasteiger charge is 2.43. The van der Waals surface area contributed by atoms with Gasteiger partial charge in [0.2, 0.25) is 0 Å². The molecule has 3 rings (SSSR count). The van der Waals surface area contributed by atoms with Crippen molar-refractivity contribution in [1.82, 2.24) is 0 Å². The van der Waals surface area contributed by atoms with Crippen molar-refractivity contribution in [2.24, 2.45) is 11.3 Å². The second-order valence-corrected chi connectivity index (χ2v) is 12.0. The molecule has 1 aromatic carbocycles. The molecule has 0 aromatic heterocycles. The molecule has 0 saturated heterocycles. The average molecular weight is 268 g/mol. The normalized spacial score (nSPS) is 27.7. The van der Waals surface area contributed by atoms with Gasteiger partial charge in [-0.3, -0.25) is 0 Å². The number of fused-ring (bicyclic) bond motifs is 3. The molecule has 1 heterocycles. The van der Waals surface area contributed by atoms with Crippen LogP contribution in [0.4, 0.5) is 0 Å². The molecule has 1 aliphatic heterocycles. The maximum Gasteiger partial charge on any atom is 0.108 e. The Hall–Kier alpha value is -1.08. The Bertz CT molecular complexity index is 570. The van der Waals surface area contributed by atoms with Crippen LogP contribution in [0.3, 0.4) is 0 Å². The smallest absolute Gasteiger partial charge is 0.0805 e. The van der Waals surface area contributed by atoms with Crippen LogP contribution in [0.15, 0.2) is 47.7 Å². The van der Waals surface area contributed by atoms with Crippen molar-refractivity contribution in [3.8, 4) is 0 Å². The summed E-state index contributed by atoms with van der Waals surface area (Å²) in [6.45, 7) is 12.1. The molecule has 0 radical (unpaired) electrons. The van der Waals surface area contributed by atoms with Gasteiger partial charge in [0.15, 0.2) is 0 Å². The number of rotatable bonds is 0. The maximum atomic E-state index is 2.59. The number of hydrogen-bond acceptors (Lipinski definition) is 0. The molecule has 0 nitrogen and oxygen atoms in total. The minimum absolute atomic E-state index is 0.327. The summed E-state index contributed by atoms with van der Waals surface area (Å²) in [5, 5.41) is 3.38. The van der Waals surface area contributed by atoms with Gasteiger partial charge in [0.05, 0.1) is 0 Å². The maximum absolute atomic E-state index is 2.59. The van der Waals surface area contributed by atoms with Crippen LogP contribution < -0.4 is 5.19 Å². The molecule has 2 atom stereocenters. The van der Waals surface area contributed by atoms with E-state index in [0.29, 0.717) is 17.3 Å². The summed E-state index contributed by atoms with van der Waals surface area (Å²) in [5.74, 6) is 1.15. The predicted molar refractivity (Wildman–Crippen MR) is 86.5 cm³/mol. The van der Waals surface area contributed by atoms with Gasteiger partial charge in [0.1, 0.15) is 8.07 Å². The molecule has 19 heavy (non-hydrogen) atoms. The van der Waals surface area contributed by atoms with Crippen LogP contribution in [-0.2, 0) is 0 Å². The van der Waals surface area contributed by atoms with Crippen molar-refractivity contribution in [3.63, 3.8) is 0 Å². The lowest BCUT2D eigenvalue weighted by atomic mass is 9.76. The predicted octanol–water partition coefficient (Wildman–Crippen LogP) is 4.40. The first-order valence-corrected chi connectivity index (χ1v) is 10.3. The molecular formula is C18H24Si. The van der Waals surface area contributed by atoms with E-state index in [-0.39, 0.29) is 0 Å². The summed E-state index contributed by atoms with van der Waals surface area (Å²) in [6.07, 6.45) is 7.49. The lowest BCUT2D eigenvalue weighted by molar-refractivity contribution is 0.340. The molecule has 2 unspecified atom stereocenters. The largest absolute Gasteiger partial charge is 0.108 e. The third-order valence-corrected chi connectivity index (χ3v) is 8.62. The number of allylic oxidation sites excluding steroid dienone is 4.